The fourth-order valence-electron chi connectivity index (χ4n) is 3.00. The van der Waals surface area contributed by atoms with Gasteiger partial charge in [0.2, 0.25) is 5.91 Å². The summed E-state index contributed by atoms with van der Waals surface area (Å²) in [5.41, 5.74) is 6.17. The minimum atomic E-state index is -0.168. The maximum absolute atomic E-state index is 12.1. The van der Waals surface area contributed by atoms with Crippen molar-refractivity contribution in [2.24, 2.45) is 0 Å². The van der Waals surface area contributed by atoms with Crippen LogP contribution in [0.2, 0.25) is 0 Å². The molecule has 0 atom stereocenters. The highest BCUT2D eigenvalue weighted by Gasteiger charge is 2.13. The number of hydrogen-bond acceptors (Lipinski definition) is 5. The van der Waals surface area contributed by atoms with Crippen LogP contribution in [0.3, 0.4) is 0 Å². The van der Waals surface area contributed by atoms with Gasteiger partial charge < -0.3 is 10.6 Å². The Hall–Kier alpha value is -2.51. The van der Waals surface area contributed by atoms with Gasteiger partial charge in [-0.2, -0.15) is 11.3 Å². The summed E-state index contributed by atoms with van der Waals surface area (Å²) in [6, 6.07) is 6.03. The second-order valence-corrected chi connectivity index (χ2v) is 8.02. The van der Waals surface area contributed by atoms with Crippen molar-refractivity contribution in [2.75, 3.05) is 11.9 Å². The molecule has 0 saturated carbocycles. The Kier molecular flexibility index (Phi) is 6.03. The van der Waals surface area contributed by atoms with Crippen molar-refractivity contribution in [3.63, 3.8) is 0 Å². The quantitative estimate of drug-likeness (QED) is 0.638. The number of nitrogens with one attached hydrogen (secondary N) is 2. The number of aromatic nitrogens is 1. The van der Waals surface area contributed by atoms with Gasteiger partial charge in [-0.1, -0.05) is 17.7 Å². The van der Waals surface area contributed by atoms with Crippen LogP contribution in [0.5, 0.6) is 0 Å². The maximum Gasteiger partial charge on any atom is 0.252 e. The topological polar surface area (TPSA) is 71.1 Å². The molecule has 0 unspecified atom stereocenters. The predicted molar refractivity (Wildman–Crippen MR) is 112 cm³/mol. The van der Waals surface area contributed by atoms with E-state index in [1.54, 1.807) is 11.4 Å². The average Bonchev–Trinajstić information content (AvgIpc) is 3.26. The molecule has 0 bridgehead atoms. The molecule has 2 heterocycles. The van der Waals surface area contributed by atoms with Crippen LogP contribution in [-0.2, 0) is 4.79 Å². The van der Waals surface area contributed by atoms with Gasteiger partial charge in [-0.25, -0.2) is 4.98 Å². The van der Waals surface area contributed by atoms with E-state index in [0.717, 1.165) is 11.3 Å². The molecule has 2 N–H and O–H groups in total. The Morgan fingerprint density at radius 3 is 2.52 bits per heavy atom. The monoisotopic (exact) mass is 399 g/mol. The van der Waals surface area contributed by atoms with Crippen molar-refractivity contribution >= 4 is 39.6 Å². The lowest BCUT2D eigenvalue weighted by atomic mass is 9.98. The van der Waals surface area contributed by atoms with E-state index >= 15 is 0 Å². The van der Waals surface area contributed by atoms with Gasteiger partial charge in [-0.3, -0.25) is 9.59 Å². The molecule has 0 saturated heterocycles. The zero-order valence-corrected chi connectivity index (χ0v) is 17.1. The number of carbonyl (C=O) groups excluding carboxylic acids is 2. The van der Waals surface area contributed by atoms with Gasteiger partial charge in [-0.05, 0) is 43.3 Å². The molecular formula is C20H21N3O2S2. The van der Waals surface area contributed by atoms with E-state index in [2.05, 4.69) is 48.5 Å². The lowest BCUT2D eigenvalue weighted by Gasteiger charge is -2.08. The molecule has 2 aromatic heterocycles. The summed E-state index contributed by atoms with van der Waals surface area (Å²) in [7, 11) is 0. The molecule has 5 nitrogen and oxygen atoms in total. The average molecular weight is 400 g/mol. The third-order valence-electron chi connectivity index (χ3n) is 4.10. The zero-order chi connectivity index (χ0) is 19.4. The van der Waals surface area contributed by atoms with Gasteiger partial charge in [0.15, 0.2) is 5.13 Å². The number of thiophene rings is 1. The Morgan fingerprint density at radius 2 is 1.85 bits per heavy atom. The van der Waals surface area contributed by atoms with Crippen LogP contribution in [0.4, 0.5) is 5.13 Å². The van der Waals surface area contributed by atoms with Crippen LogP contribution in [0.1, 0.15) is 33.5 Å². The Balaban J connectivity index is 1.56. The molecule has 0 aliphatic carbocycles. The molecule has 0 aliphatic heterocycles. The second-order valence-electron chi connectivity index (χ2n) is 6.38. The van der Waals surface area contributed by atoms with Crippen LogP contribution >= 0.6 is 22.7 Å². The number of thiazole rings is 1. The molecule has 0 radical (unpaired) electrons. The molecule has 0 aliphatic rings. The lowest BCUT2D eigenvalue weighted by Crippen LogP contribution is -2.27. The van der Waals surface area contributed by atoms with E-state index in [4.69, 9.17) is 0 Å². The summed E-state index contributed by atoms with van der Waals surface area (Å²) in [6.07, 6.45) is 0.202. The van der Waals surface area contributed by atoms with Crippen LogP contribution in [0.25, 0.3) is 11.3 Å². The van der Waals surface area contributed by atoms with E-state index in [1.165, 1.54) is 39.4 Å². The molecule has 0 fully saturated rings. The fraction of sp³-hybridized carbons (Fsp3) is 0.250. The lowest BCUT2D eigenvalue weighted by molar-refractivity contribution is -0.116. The van der Waals surface area contributed by atoms with Crippen molar-refractivity contribution in [2.45, 2.75) is 27.2 Å². The maximum atomic E-state index is 12.1. The molecule has 1 aromatic carbocycles. The number of aryl methyl sites for hydroxylation is 3. The Morgan fingerprint density at radius 1 is 1.11 bits per heavy atom. The second kappa shape index (κ2) is 8.45. The number of hydrogen-bond donors (Lipinski definition) is 2. The first-order chi connectivity index (χ1) is 12.9. The number of amides is 2. The molecule has 7 heteroatoms. The number of carbonyl (C=O) groups is 2. The standard InChI is InChI=1S/C20H21N3O2S2/c1-12-8-13(2)18(14(3)9-12)16-11-27-20(22-16)23-17(24)4-6-21-19(25)15-5-7-26-10-15/h5,7-11H,4,6H2,1-3H3,(H,21,25)(H,22,23,24). The van der Waals surface area contributed by atoms with Crippen molar-refractivity contribution < 1.29 is 9.59 Å². The van der Waals surface area contributed by atoms with Crippen LogP contribution in [0, 0.1) is 20.8 Å². The minimum absolute atomic E-state index is 0.161. The van der Waals surface area contributed by atoms with Gasteiger partial charge >= 0.3 is 0 Å². The van der Waals surface area contributed by atoms with Crippen LogP contribution < -0.4 is 10.6 Å². The SMILES string of the molecule is Cc1cc(C)c(-c2csc(NC(=O)CCNC(=O)c3ccsc3)n2)c(C)c1. The number of rotatable bonds is 6. The van der Waals surface area contributed by atoms with Gasteiger partial charge in [0, 0.05) is 34.9 Å². The van der Waals surface area contributed by atoms with Gasteiger partial charge in [0.25, 0.3) is 5.91 Å². The first kappa shape index (κ1) is 19.3. The summed E-state index contributed by atoms with van der Waals surface area (Å²) >= 11 is 2.87. The van der Waals surface area contributed by atoms with E-state index < -0.39 is 0 Å². The van der Waals surface area contributed by atoms with Gasteiger partial charge in [0.1, 0.15) is 0 Å². The third-order valence-corrected chi connectivity index (χ3v) is 5.55. The molecule has 3 rings (SSSR count). The molecular weight excluding hydrogens is 378 g/mol. The summed E-state index contributed by atoms with van der Waals surface area (Å²) in [6.45, 7) is 6.51. The number of nitrogens with zero attached hydrogens (tertiary/aromatic N) is 1. The van der Waals surface area contributed by atoms with Crippen molar-refractivity contribution in [3.8, 4) is 11.3 Å². The smallest absolute Gasteiger partial charge is 0.252 e. The van der Waals surface area contributed by atoms with Crippen molar-refractivity contribution in [1.29, 1.82) is 0 Å². The zero-order valence-electron chi connectivity index (χ0n) is 15.5. The predicted octanol–water partition coefficient (Wildman–Crippen LogP) is 4.56. The third kappa shape index (κ3) is 4.81. The van der Waals surface area contributed by atoms with Crippen LogP contribution in [-0.4, -0.2) is 23.3 Å². The summed E-state index contributed by atoms with van der Waals surface area (Å²) in [4.78, 5) is 28.5. The number of anilines is 1. The highest BCUT2D eigenvalue weighted by atomic mass is 32.1. The molecule has 27 heavy (non-hydrogen) atoms. The highest BCUT2D eigenvalue weighted by molar-refractivity contribution is 7.14. The number of benzene rings is 1. The normalized spacial score (nSPS) is 10.6. The van der Waals surface area contributed by atoms with E-state index in [1.807, 2.05) is 10.8 Å². The summed E-state index contributed by atoms with van der Waals surface area (Å²) in [5.74, 6) is -0.329. The van der Waals surface area contributed by atoms with E-state index in [0.29, 0.717) is 10.7 Å². The Labute approximate surface area is 166 Å². The first-order valence-corrected chi connectivity index (χ1v) is 10.4. The highest BCUT2D eigenvalue weighted by Crippen LogP contribution is 2.31. The first-order valence-electron chi connectivity index (χ1n) is 8.58. The summed E-state index contributed by atoms with van der Waals surface area (Å²) in [5, 5.41) is 11.7. The Bertz CT molecular complexity index is 939. The minimum Gasteiger partial charge on any atom is -0.351 e. The van der Waals surface area contributed by atoms with Crippen molar-refractivity contribution in [3.05, 3.63) is 56.6 Å². The van der Waals surface area contributed by atoms with Crippen LogP contribution in [0.15, 0.2) is 34.3 Å². The molecule has 3 aromatic rings. The summed E-state index contributed by atoms with van der Waals surface area (Å²) < 4.78 is 0. The largest absolute Gasteiger partial charge is 0.351 e. The molecule has 2 amide bonds. The fourth-order valence-corrected chi connectivity index (χ4v) is 4.35. The van der Waals surface area contributed by atoms with Gasteiger partial charge in [-0.15, -0.1) is 11.3 Å². The van der Waals surface area contributed by atoms with Gasteiger partial charge in [0.05, 0.1) is 5.69 Å². The molecule has 0 spiro atoms. The van der Waals surface area contributed by atoms with Crippen molar-refractivity contribution in [1.82, 2.24) is 10.3 Å². The van der Waals surface area contributed by atoms with E-state index in [9.17, 15) is 9.59 Å². The molecule has 140 valence electrons. The van der Waals surface area contributed by atoms with E-state index in [-0.39, 0.29) is 24.8 Å².